The molecule has 0 saturated heterocycles. The van der Waals surface area contributed by atoms with Crippen LogP contribution in [0.3, 0.4) is 0 Å². The van der Waals surface area contributed by atoms with Gasteiger partial charge in [0.25, 0.3) is 0 Å². The summed E-state index contributed by atoms with van der Waals surface area (Å²) in [7, 11) is 0. The molecule has 12 aromatic carbocycles. The van der Waals surface area contributed by atoms with Gasteiger partial charge in [-0.2, -0.15) is 0 Å². The van der Waals surface area contributed by atoms with E-state index in [1.54, 1.807) is 0 Å². The van der Waals surface area contributed by atoms with Crippen LogP contribution in [0, 0.1) is 0 Å². The molecule has 0 unspecified atom stereocenters. The number of benzene rings is 12. The lowest BCUT2D eigenvalue weighted by atomic mass is 9.67. The number of para-hydroxylation sites is 2. The van der Waals surface area contributed by atoms with Crippen molar-refractivity contribution in [1.82, 2.24) is 0 Å². The molecule has 75 heavy (non-hydrogen) atoms. The molecule has 0 aliphatic heterocycles. The molecule has 0 saturated carbocycles. The van der Waals surface area contributed by atoms with E-state index in [1.807, 2.05) is 0 Å². The Balaban J connectivity index is 0.882. The first-order valence-corrected chi connectivity index (χ1v) is 25.8. The van der Waals surface area contributed by atoms with Crippen LogP contribution in [0.15, 0.2) is 315 Å². The van der Waals surface area contributed by atoms with Crippen LogP contribution in [0.2, 0.25) is 0 Å². The molecule has 12 aromatic rings. The molecule has 0 amide bonds. The summed E-state index contributed by atoms with van der Waals surface area (Å²) in [6.45, 7) is 0. The molecule has 0 heterocycles. The van der Waals surface area contributed by atoms with Gasteiger partial charge in [-0.05, 0) is 169 Å². The predicted molar refractivity (Wildman–Crippen MR) is 315 cm³/mol. The van der Waals surface area contributed by atoms with Crippen LogP contribution < -0.4 is 9.80 Å². The molecule has 13 rings (SSSR count). The highest BCUT2D eigenvalue weighted by atomic mass is 15.1. The summed E-state index contributed by atoms with van der Waals surface area (Å²) in [6, 6.07) is 115. The maximum atomic E-state index is 2.44. The minimum absolute atomic E-state index is 0.505. The summed E-state index contributed by atoms with van der Waals surface area (Å²) < 4.78 is 0. The average Bonchev–Trinajstić information content (AvgIpc) is 3.80. The van der Waals surface area contributed by atoms with Gasteiger partial charge in [0.05, 0.1) is 5.41 Å². The minimum Gasteiger partial charge on any atom is -0.311 e. The van der Waals surface area contributed by atoms with Crippen molar-refractivity contribution in [3.8, 4) is 55.6 Å². The van der Waals surface area contributed by atoms with E-state index in [1.165, 1.54) is 55.6 Å². The van der Waals surface area contributed by atoms with Crippen LogP contribution in [0.5, 0.6) is 0 Å². The third-order valence-corrected chi connectivity index (χ3v) is 14.9. The topological polar surface area (TPSA) is 6.48 Å². The summed E-state index contributed by atoms with van der Waals surface area (Å²) in [4.78, 5) is 4.73. The van der Waals surface area contributed by atoms with Crippen molar-refractivity contribution in [3.63, 3.8) is 0 Å². The van der Waals surface area contributed by atoms with Crippen molar-refractivity contribution in [2.24, 2.45) is 0 Å². The van der Waals surface area contributed by atoms with Gasteiger partial charge in [0.1, 0.15) is 0 Å². The number of fused-ring (bicyclic) bond motifs is 3. The highest BCUT2D eigenvalue weighted by Gasteiger charge is 2.46. The SMILES string of the molecule is c1ccc(-c2ccc(N(c3ccccc3)c3ccc(-c4cc(-c5ccccc5)cc(-c5ccc(N(c6ccccc6)c6ccc7c(c6)C(c6ccccc6)(c6ccccc6)c6ccccc6-7)cc5)c4)cc3)cc2)cc1. The summed E-state index contributed by atoms with van der Waals surface area (Å²) in [6.07, 6.45) is 0. The van der Waals surface area contributed by atoms with Gasteiger partial charge in [-0.25, -0.2) is 0 Å². The van der Waals surface area contributed by atoms with Gasteiger partial charge in [-0.1, -0.05) is 224 Å². The van der Waals surface area contributed by atoms with E-state index < -0.39 is 5.41 Å². The van der Waals surface area contributed by atoms with Crippen molar-refractivity contribution >= 4 is 34.1 Å². The fraction of sp³-hybridized carbons (Fsp3) is 0.0137. The van der Waals surface area contributed by atoms with Crippen molar-refractivity contribution in [2.45, 2.75) is 5.41 Å². The lowest BCUT2D eigenvalue weighted by Crippen LogP contribution is -2.28. The Labute approximate surface area is 440 Å². The van der Waals surface area contributed by atoms with Gasteiger partial charge in [-0.15, -0.1) is 0 Å². The largest absolute Gasteiger partial charge is 0.311 e. The molecule has 2 nitrogen and oxygen atoms in total. The number of rotatable bonds is 12. The van der Waals surface area contributed by atoms with Crippen LogP contribution in [0.25, 0.3) is 55.6 Å². The zero-order valence-corrected chi connectivity index (χ0v) is 41.4. The first-order chi connectivity index (χ1) is 37.2. The number of hydrogen-bond donors (Lipinski definition) is 0. The minimum atomic E-state index is -0.505. The summed E-state index contributed by atoms with van der Waals surface area (Å²) in [5.41, 5.74) is 23.1. The molecule has 354 valence electrons. The van der Waals surface area contributed by atoms with Crippen molar-refractivity contribution < 1.29 is 0 Å². The van der Waals surface area contributed by atoms with E-state index in [-0.39, 0.29) is 0 Å². The Morgan fingerprint density at radius 2 is 0.480 bits per heavy atom. The third kappa shape index (κ3) is 8.39. The molecular formula is C73H52N2. The Kier molecular flexibility index (Phi) is 11.8. The second kappa shape index (κ2) is 19.7. The monoisotopic (exact) mass is 956 g/mol. The molecule has 0 spiro atoms. The van der Waals surface area contributed by atoms with E-state index in [0.717, 1.165) is 56.4 Å². The lowest BCUT2D eigenvalue weighted by Gasteiger charge is -2.35. The van der Waals surface area contributed by atoms with Gasteiger partial charge >= 0.3 is 0 Å². The second-order valence-corrected chi connectivity index (χ2v) is 19.3. The van der Waals surface area contributed by atoms with E-state index in [0.29, 0.717) is 0 Å². The van der Waals surface area contributed by atoms with E-state index in [2.05, 4.69) is 325 Å². The first-order valence-electron chi connectivity index (χ1n) is 25.8. The molecule has 0 radical (unpaired) electrons. The summed E-state index contributed by atoms with van der Waals surface area (Å²) >= 11 is 0. The standard InChI is InChI=1S/C73H52N2/c1-7-21-53(22-8-1)55-35-41-65(42-36-55)74(63-29-15-5-16-30-63)66-43-37-56(38-44-66)59-49-58(54-23-9-2-10-24-54)50-60(51-59)57-39-45-67(46-40-57)75(64-31-17-6-18-32-64)68-47-48-70-69-33-19-20-34-71(69)73(72(70)52-68,61-25-11-3-12-26-61)62-27-13-4-14-28-62/h1-52H. The van der Waals surface area contributed by atoms with Crippen LogP contribution in [-0.2, 0) is 5.41 Å². The average molecular weight is 957 g/mol. The molecule has 1 aliphatic rings. The fourth-order valence-electron chi connectivity index (χ4n) is 11.4. The van der Waals surface area contributed by atoms with Crippen LogP contribution >= 0.6 is 0 Å². The Morgan fingerprint density at radius 3 is 0.920 bits per heavy atom. The predicted octanol–water partition coefficient (Wildman–Crippen LogP) is 19.7. The maximum Gasteiger partial charge on any atom is 0.0714 e. The second-order valence-electron chi connectivity index (χ2n) is 19.3. The number of hydrogen-bond acceptors (Lipinski definition) is 2. The zero-order chi connectivity index (χ0) is 50.0. The van der Waals surface area contributed by atoms with Crippen molar-refractivity contribution in [2.75, 3.05) is 9.80 Å². The highest BCUT2D eigenvalue weighted by molar-refractivity contribution is 5.90. The van der Waals surface area contributed by atoms with E-state index >= 15 is 0 Å². The molecule has 2 heteroatoms. The Bertz CT molecular complexity index is 3840. The number of anilines is 6. The lowest BCUT2D eigenvalue weighted by molar-refractivity contribution is 0.768. The number of nitrogens with zero attached hydrogens (tertiary/aromatic N) is 2. The van der Waals surface area contributed by atoms with Gasteiger partial charge in [-0.3, -0.25) is 0 Å². The van der Waals surface area contributed by atoms with Crippen LogP contribution in [-0.4, -0.2) is 0 Å². The normalized spacial score (nSPS) is 12.1. The molecule has 0 N–H and O–H groups in total. The third-order valence-electron chi connectivity index (χ3n) is 14.9. The zero-order valence-electron chi connectivity index (χ0n) is 41.4. The first kappa shape index (κ1) is 45.1. The van der Waals surface area contributed by atoms with Gasteiger partial charge < -0.3 is 9.80 Å². The fourth-order valence-corrected chi connectivity index (χ4v) is 11.4. The molecule has 0 aromatic heterocycles. The van der Waals surface area contributed by atoms with Gasteiger partial charge in [0.2, 0.25) is 0 Å². The molecule has 0 atom stereocenters. The van der Waals surface area contributed by atoms with E-state index in [4.69, 9.17) is 0 Å². The van der Waals surface area contributed by atoms with Crippen molar-refractivity contribution in [3.05, 3.63) is 338 Å². The maximum absolute atomic E-state index is 2.44. The summed E-state index contributed by atoms with van der Waals surface area (Å²) in [5.74, 6) is 0. The molecule has 0 bridgehead atoms. The molecular weight excluding hydrogens is 905 g/mol. The quantitative estimate of drug-likeness (QED) is 0.120. The van der Waals surface area contributed by atoms with Gasteiger partial charge in [0, 0.05) is 34.1 Å². The van der Waals surface area contributed by atoms with E-state index in [9.17, 15) is 0 Å². The van der Waals surface area contributed by atoms with Crippen molar-refractivity contribution in [1.29, 1.82) is 0 Å². The Morgan fingerprint density at radius 1 is 0.187 bits per heavy atom. The summed E-state index contributed by atoms with van der Waals surface area (Å²) in [5, 5.41) is 0. The van der Waals surface area contributed by atoms with Crippen LogP contribution in [0.4, 0.5) is 34.1 Å². The molecule has 1 aliphatic carbocycles. The smallest absolute Gasteiger partial charge is 0.0714 e. The highest BCUT2D eigenvalue weighted by Crippen LogP contribution is 2.57. The van der Waals surface area contributed by atoms with Gasteiger partial charge in [0.15, 0.2) is 0 Å². The van der Waals surface area contributed by atoms with Crippen LogP contribution in [0.1, 0.15) is 22.3 Å². The molecule has 0 fully saturated rings. The Hall–Kier alpha value is -9.76.